The summed E-state index contributed by atoms with van der Waals surface area (Å²) in [6, 6.07) is 9.07. The number of nitro benzene ring substituents is 1. The van der Waals surface area contributed by atoms with Gasteiger partial charge in [0.25, 0.3) is 0 Å². The first-order chi connectivity index (χ1) is 29.6. The van der Waals surface area contributed by atoms with Crippen molar-refractivity contribution in [3.63, 3.8) is 0 Å². The first-order valence-corrected chi connectivity index (χ1v) is 19.9. The van der Waals surface area contributed by atoms with Crippen LogP contribution in [0.4, 0.5) is 10.1 Å². The predicted octanol–water partition coefficient (Wildman–Crippen LogP) is 7.03. The number of nitrogens with zero attached hydrogens (tertiary/aromatic N) is 1. The maximum absolute atomic E-state index is 14.9. The molecule has 16 heteroatoms. The van der Waals surface area contributed by atoms with E-state index in [2.05, 4.69) is 0 Å². The van der Waals surface area contributed by atoms with Crippen molar-refractivity contribution in [1.82, 2.24) is 0 Å². The molecule has 0 fully saturated rings. The molecule has 0 saturated carbocycles. The van der Waals surface area contributed by atoms with Gasteiger partial charge < -0.3 is 48.1 Å². The monoisotopic (exact) mass is 850 g/mol. The molecule has 10 rings (SSSR count). The molecular weight excluding hydrogens is 808 g/mol. The van der Waals surface area contributed by atoms with E-state index >= 15 is 0 Å². The molecule has 0 aromatic heterocycles. The van der Waals surface area contributed by atoms with E-state index in [-0.39, 0.29) is 72.1 Å². The zero-order valence-corrected chi connectivity index (χ0v) is 34.5. The number of benzene rings is 4. The topological polar surface area (TPSA) is 192 Å². The second kappa shape index (κ2) is 14.8. The van der Waals surface area contributed by atoms with Crippen molar-refractivity contribution in [2.45, 2.75) is 76.2 Å². The molecule has 6 heterocycles. The third-order valence-electron chi connectivity index (χ3n) is 11.7. The molecule has 4 atom stereocenters. The Morgan fingerprint density at radius 3 is 1.61 bits per heavy atom. The Hall–Kier alpha value is -6.65. The molecular formula is C46H42FNO14. The number of rotatable bonds is 5. The SMILES string of the molecule is COc1cc2c(cc1CO)OCC1Oc3c(cc([18F])c4c3C=CC(C)(C)O4)C(=O)C21.COc1cc2c(cc1CO)OCC1Oc3c(cc([N+](=O)[O-])c4c3C=CC(C)(C)O4)C(=O)C21. The largest absolute Gasteiger partial charge is 0.496 e. The van der Waals surface area contributed by atoms with Gasteiger partial charge in [0.1, 0.15) is 71.1 Å². The molecule has 6 aliphatic heterocycles. The lowest BCUT2D eigenvalue weighted by molar-refractivity contribution is -0.386. The van der Waals surface area contributed by atoms with Crippen LogP contribution >= 0.6 is 0 Å². The van der Waals surface area contributed by atoms with Crippen LogP contribution in [0.15, 0.2) is 48.6 Å². The normalized spacial score (nSPS) is 22.1. The van der Waals surface area contributed by atoms with Crippen molar-refractivity contribution in [2.75, 3.05) is 27.4 Å². The summed E-state index contributed by atoms with van der Waals surface area (Å²) in [7, 11) is 2.96. The first kappa shape index (κ1) is 40.7. The standard InChI is InChI=1S/C23H21FO6.C23H21NO8/c1-23(2)5-4-12-21-14(7-15(24)22(12)30-23)20(26)19-13-8-16(27-3)11(9-25)6-17(13)28-10-18(19)29-21;1-23(2)5-4-12-21-14(7-15(24(27)28)22(12)32-23)20(26)19-13-8-16(29-3)11(9-25)6-17(13)30-10-18(19)31-21/h4-8,18-19,25H,9-10H2,1-3H3;4-8,18-19,25H,9-10H2,1-3H3/i24-1;. The Labute approximate surface area is 354 Å². The molecule has 4 aromatic carbocycles. The maximum atomic E-state index is 14.9. The lowest BCUT2D eigenvalue weighted by atomic mass is 9.80. The highest BCUT2D eigenvalue weighted by atomic mass is 18.2. The van der Waals surface area contributed by atoms with Gasteiger partial charge in [0.05, 0.1) is 66.4 Å². The number of ketones is 2. The van der Waals surface area contributed by atoms with Gasteiger partial charge in [-0.3, -0.25) is 19.7 Å². The molecule has 322 valence electrons. The highest BCUT2D eigenvalue weighted by Gasteiger charge is 2.48. The fraction of sp³-hybridized carbons (Fsp3) is 0.348. The minimum absolute atomic E-state index is 0.0823. The van der Waals surface area contributed by atoms with Gasteiger partial charge in [-0.1, -0.05) is 0 Å². The minimum atomic E-state index is -0.735. The molecule has 6 aliphatic rings. The van der Waals surface area contributed by atoms with Gasteiger partial charge in [0.2, 0.25) is 5.75 Å². The number of halogens is 1. The van der Waals surface area contributed by atoms with E-state index in [1.807, 2.05) is 19.9 Å². The molecule has 0 spiro atoms. The number of carbonyl (C=O) groups is 2. The van der Waals surface area contributed by atoms with Gasteiger partial charge in [0, 0.05) is 28.3 Å². The second-order valence-corrected chi connectivity index (χ2v) is 16.7. The smallest absolute Gasteiger partial charge is 0.312 e. The van der Waals surface area contributed by atoms with Gasteiger partial charge in [-0.2, -0.15) is 0 Å². The van der Waals surface area contributed by atoms with E-state index in [0.29, 0.717) is 62.1 Å². The number of ether oxygens (including phenoxy) is 8. The average molecular weight is 851 g/mol. The third-order valence-corrected chi connectivity index (χ3v) is 11.7. The molecule has 62 heavy (non-hydrogen) atoms. The summed E-state index contributed by atoms with van der Waals surface area (Å²) >= 11 is 0. The van der Waals surface area contributed by atoms with Crippen molar-refractivity contribution in [1.29, 1.82) is 0 Å². The van der Waals surface area contributed by atoms with E-state index in [1.165, 1.54) is 26.4 Å². The highest BCUT2D eigenvalue weighted by molar-refractivity contribution is 6.08. The van der Waals surface area contributed by atoms with E-state index in [9.17, 15) is 34.3 Å². The third kappa shape index (κ3) is 6.55. The quantitative estimate of drug-likeness (QED) is 0.154. The molecule has 0 aliphatic carbocycles. The Morgan fingerprint density at radius 1 is 0.710 bits per heavy atom. The lowest BCUT2D eigenvalue weighted by Gasteiger charge is -2.39. The molecule has 15 nitrogen and oxygen atoms in total. The van der Waals surface area contributed by atoms with Crippen LogP contribution < -0.4 is 37.9 Å². The van der Waals surface area contributed by atoms with Crippen molar-refractivity contribution in [3.05, 3.63) is 109 Å². The van der Waals surface area contributed by atoms with E-state index < -0.39 is 46.0 Å². The molecule has 0 bridgehead atoms. The number of hydrogen-bond donors (Lipinski definition) is 2. The first-order valence-electron chi connectivity index (χ1n) is 19.9. The van der Waals surface area contributed by atoms with Crippen LogP contribution in [0, 0.1) is 15.9 Å². The van der Waals surface area contributed by atoms with Gasteiger partial charge in [-0.05, 0) is 82.3 Å². The molecule has 0 radical (unpaired) electrons. The number of hydrogen-bond acceptors (Lipinski definition) is 14. The lowest BCUT2D eigenvalue weighted by Crippen LogP contribution is -2.43. The Bertz CT molecular complexity index is 2670. The van der Waals surface area contributed by atoms with Crippen LogP contribution in [0.5, 0.6) is 46.0 Å². The number of aliphatic hydroxyl groups excluding tert-OH is 2. The number of fused-ring (bicyclic) bond motifs is 12. The van der Waals surface area contributed by atoms with E-state index in [4.69, 9.17) is 37.9 Å². The van der Waals surface area contributed by atoms with Crippen LogP contribution in [-0.2, 0) is 13.2 Å². The zero-order chi connectivity index (χ0) is 44.0. The van der Waals surface area contributed by atoms with Gasteiger partial charge in [0.15, 0.2) is 23.1 Å². The molecule has 2 N–H and O–H groups in total. The Balaban J connectivity index is 0.000000158. The fourth-order valence-electron chi connectivity index (χ4n) is 8.72. The Morgan fingerprint density at radius 2 is 1.16 bits per heavy atom. The minimum Gasteiger partial charge on any atom is -0.496 e. The average Bonchev–Trinajstić information content (AvgIpc) is 3.24. The summed E-state index contributed by atoms with van der Waals surface area (Å²) in [5.74, 6) is 0.0195. The molecule has 4 aromatic rings. The molecule has 4 unspecified atom stereocenters. The van der Waals surface area contributed by atoms with E-state index in [0.717, 1.165) is 0 Å². The van der Waals surface area contributed by atoms with E-state index in [1.54, 1.807) is 56.3 Å². The second-order valence-electron chi connectivity index (χ2n) is 16.7. The van der Waals surface area contributed by atoms with Crippen molar-refractivity contribution in [3.8, 4) is 46.0 Å². The highest BCUT2D eigenvalue weighted by Crippen LogP contribution is 2.53. The van der Waals surface area contributed by atoms with Crippen molar-refractivity contribution in [2.24, 2.45) is 0 Å². The van der Waals surface area contributed by atoms with Crippen LogP contribution in [-0.4, -0.2) is 77.5 Å². The summed E-state index contributed by atoms with van der Waals surface area (Å²) in [6.07, 6.45) is 5.83. The number of carbonyl (C=O) groups excluding carboxylic acids is 2. The summed E-state index contributed by atoms with van der Waals surface area (Å²) in [6.45, 7) is 7.03. The predicted molar refractivity (Wildman–Crippen MR) is 219 cm³/mol. The molecule has 0 amide bonds. The zero-order valence-electron chi connectivity index (χ0n) is 34.5. The van der Waals surface area contributed by atoms with Crippen LogP contribution in [0.1, 0.15) is 93.6 Å². The summed E-state index contributed by atoms with van der Waals surface area (Å²) in [5, 5.41) is 30.9. The van der Waals surface area contributed by atoms with Gasteiger partial charge >= 0.3 is 5.69 Å². The van der Waals surface area contributed by atoms with Crippen molar-refractivity contribution < 1.29 is 67.0 Å². The number of Topliss-reactive ketones (excluding diaryl/α,β-unsaturated/α-hetero) is 2. The van der Waals surface area contributed by atoms with Crippen LogP contribution in [0.3, 0.4) is 0 Å². The fourth-order valence-corrected chi connectivity index (χ4v) is 8.72. The van der Waals surface area contributed by atoms with Crippen LogP contribution in [0.2, 0.25) is 0 Å². The summed E-state index contributed by atoms with van der Waals surface area (Å²) < 4.78 is 61.3. The van der Waals surface area contributed by atoms with Gasteiger partial charge in [-0.25, -0.2) is 4.39 Å². The number of aliphatic hydroxyl groups is 2. The maximum Gasteiger partial charge on any atom is 0.312 e. The number of methoxy groups -OCH3 is 2. The summed E-state index contributed by atoms with van der Waals surface area (Å²) in [4.78, 5) is 38.4. The van der Waals surface area contributed by atoms with Gasteiger partial charge in [-0.15, -0.1) is 0 Å². The number of nitro groups is 1. The van der Waals surface area contributed by atoms with Crippen LogP contribution in [0.25, 0.3) is 12.2 Å². The van der Waals surface area contributed by atoms with Crippen molar-refractivity contribution >= 4 is 29.4 Å². The molecule has 0 saturated heterocycles. The summed E-state index contributed by atoms with van der Waals surface area (Å²) in [5.41, 5.74) is 1.68. The Kier molecular flexibility index (Phi) is 9.70.